The van der Waals surface area contributed by atoms with E-state index in [1.54, 1.807) is 14.2 Å². The van der Waals surface area contributed by atoms with E-state index in [1.165, 1.54) is 0 Å². The minimum Gasteiger partial charge on any atom is -0.493 e. The van der Waals surface area contributed by atoms with Crippen LogP contribution in [0.15, 0.2) is 72.8 Å². The van der Waals surface area contributed by atoms with E-state index in [9.17, 15) is 5.26 Å². The lowest BCUT2D eigenvalue weighted by Gasteiger charge is -2.29. The fraction of sp³-hybridized carbons (Fsp3) is 0.174. The molecule has 0 aliphatic carbocycles. The molecule has 0 saturated carbocycles. The first-order valence-electron chi connectivity index (χ1n) is 8.57. The third-order valence-electron chi connectivity index (χ3n) is 4.73. The number of rotatable bonds is 6. The third-order valence-corrected chi connectivity index (χ3v) is 5.74. The Balaban J connectivity index is 2.18. The Bertz CT molecular complexity index is 910. The molecule has 0 spiro atoms. The number of nitrogens with zero attached hydrogens (tertiary/aromatic N) is 1. The molecular formula is C23H20INO2. The molecule has 0 aromatic heterocycles. The molecule has 3 aromatic rings. The minimum absolute atomic E-state index is 0.538. The van der Waals surface area contributed by atoms with Gasteiger partial charge in [-0.1, -0.05) is 60.7 Å². The zero-order valence-electron chi connectivity index (χ0n) is 15.3. The predicted octanol–water partition coefficient (Wildman–Crippen LogP) is 5.36. The summed E-state index contributed by atoms with van der Waals surface area (Å²) in [5.41, 5.74) is 2.21. The maximum atomic E-state index is 10.4. The van der Waals surface area contributed by atoms with E-state index in [1.807, 2.05) is 72.8 Å². The van der Waals surface area contributed by atoms with Gasteiger partial charge in [-0.15, -0.1) is 0 Å². The predicted molar refractivity (Wildman–Crippen MR) is 115 cm³/mol. The van der Waals surface area contributed by atoms with Gasteiger partial charge in [0, 0.05) is 9.99 Å². The van der Waals surface area contributed by atoms with Crippen molar-refractivity contribution >= 4 is 22.6 Å². The number of benzene rings is 3. The summed E-state index contributed by atoms with van der Waals surface area (Å²) in [5.74, 6) is 1.36. The summed E-state index contributed by atoms with van der Waals surface area (Å²) >= 11 is 2.29. The Labute approximate surface area is 173 Å². The van der Waals surface area contributed by atoms with Gasteiger partial charge in [-0.3, -0.25) is 0 Å². The zero-order chi connectivity index (χ0) is 19.3. The van der Waals surface area contributed by atoms with Crippen LogP contribution in [0.25, 0.3) is 0 Å². The molecule has 0 fully saturated rings. The average Bonchev–Trinajstić information content (AvgIpc) is 2.74. The van der Waals surface area contributed by atoms with Crippen molar-refractivity contribution in [2.24, 2.45) is 0 Å². The van der Waals surface area contributed by atoms with Gasteiger partial charge in [0.1, 0.15) is 5.41 Å². The second-order valence-electron chi connectivity index (χ2n) is 6.22. The van der Waals surface area contributed by atoms with Gasteiger partial charge in [-0.2, -0.15) is 5.26 Å². The Morgan fingerprint density at radius 3 is 1.78 bits per heavy atom. The maximum absolute atomic E-state index is 10.4. The first kappa shape index (κ1) is 19.2. The highest BCUT2D eigenvalue weighted by molar-refractivity contribution is 14.1. The summed E-state index contributed by atoms with van der Waals surface area (Å²) in [6.07, 6.45) is 0.538. The first-order chi connectivity index (χ1) is 13.1. The summed E-state index contributed by atoms with van der Waals surface area (Å²) < 4.78 is 11.9. The molecule has 27 heavy (non-hydrogen) atoms. The van der Waals surface area contributed by atoms with E-state index in [0.29, 0.717) is 17.9 Å². The summed E-state index contributed by atoms with van der Waals surface area (Å²) in [6, 6.07) is 26.4. The standard InChI is InChI=1S/C23H20INO2/c1-26-21-13-17(20(24)14-22(21)27-2)15-23(16-25,18-9-5-3-6-10-18)19-11-7-4-8-12-19/h3-14H,15H2,1-2H3. The Morgan fingerprint density at radius 1 is 0.852 bits per heavy atom. The Kier molecular flexibility index (Phi) is 6.02. The molecule has 3 aromatic carbocycles. The molecule has 3 rings (SSSR count). The van der Waals surface area contributed by atoms with E-state index in [-0.39, 0.29) is 0 Å². The van der Waals surface area contributed by atoms with E-state index in [0.717, 1.165) is 20.3 Å². The summed E-state index contributed by atoms with van der Waals surface area (Å²) in [6.45, 7) is 0. The summed E-state index contributed by atoms with van der Waals surface area (Å²) in [4.78, 5) is 0. The minimum atomic E-state index is -0.790. The number of nitriles is 1. The van der Waals surface area contributed by atoms with E-state index in [4.69, 9.17) is 9.47 Å². The van der Waals surface area contributed by atoms with Gasteiger partial charge in [0.05, 0.1) is 20.3 Å². The molecule has 0 bridgehead atoms. The molecule has 0 aliphatic rings. The van der Waals surface area contributed by atoms with Crippen LogP contribution in [0, 0.1) is 14.9 Å². The molecule has 0 amide bonds. The molecule has 4 heteroatoms. The SMILES string of the molecule is COc1cc(I)c(CC(C#N)(c2ccccc2)c2ccccc2)cc1OC. The van der Waals surface area contributed by atoms with Gasteiger partial charge in [0.25, 0.3) is 0 Å². The highest BCUT2D eigenvalue weighted by Crippen LogP contribution is 2.39. The van der Waals surface area contributed by atoms with Crippen molar-refractivity contribution < 1.29 is 9.47 Å². The van der Waals surface area contributed by atoms with Crippen molar-refractivity contribution in [1.29, 1.82) is 5.26 Å². The lowest BCUT2D eigenvalue weighted by atomic mass is 9.71. The average molecular weight is 469 g/mol. The smallest absolute Gasteiger partial charge is 0.161 e. The van der Waals surface area contributed by atoms with Crippen molar-refractivity contribution in [2.45, 2.75) is 11.8 Å². The van der Waals surface area contributed by atoms with Gasteiger partial charge in [-0.25, -0.2) is 0 Å². The topological polar surface area (TPSA) is 42.2 Å². The number of ether oxygens (including phenoxy) is 2. The lowest BCUT2D eigenvalue weighted by Crippen LogP contribution is -2.29. The lowest BCUT2D eigenvalue weighted by molar-refractivity contribution is 0.354. The largest absolute Gasteiger partial charge is 0.493 e. The van der Waals surface area contributed by atoms with E-state index in [2.05, 4.69) is 28.7 Å². The van der Waals surface area contributed by atoms with Crippen molar-refractivity contribution in [3.05, 3.63) is 93.1 Å². The van der Waals surface area contributed by atoms with Gasteiger partial charge in [0.2, 0.25) is 0 Å². The van der Waals surface area contributed by atoms with Gasteiger partial charge < -0.3 is 9.47 Å². The number of halogens is 1. The highest BCUT2D eigenvalue weighted by atomic mass is 127. The van der Waals surface area contributed by atoms with Crippen molar-refractivity contribution in [1.82, 2.24) is 0 Å². The highest BCUT2D eigenvalue weighted by Gasteiger charge is 2.35. The van der Waals surface area contributed by atoms with Crippen LogP contribution in [0.5, 0.6) is 11.5 Å². The molecule has 0 atom stereocenters. The van der Waals surface area contributed by atoms with Gasteiger partial charge >= 0.3 is 0 Å². The molecular weight excluding hydrogens is 449 g/mol. The van der Waals surface area contributed by atoms with E-state index >= 15 is 0 Å². The monoisotopic (exact) mass is 469 g/mol. The maximum Gasteiger partial charge on any atom is 0.161 e. The third kappa shape index (κ3) is 3.79. The molecule has 0 aliphatic heterocycles. The first-order valence-corrected chi connectivity index (χ1v) is 9.65. The van der Waals surface area contributed by atoms with Crippen LogP contribution in [-0.4, -0.2) is 14.2 Å². The molecule has 3 nitrogen and oxygen atoms in total. The van der Waals surface area contributed by atoms with Crippen LogP contribution in [0.2, 0.25) is 0 Å². The summed E-state index contributed by atoms with van der Waals surface area (Å²) in [5, 5.41) is 10.4. The number of hydrogen-bond acceptors (Lipinski definition) is 3. The Hall–Kier alpha value is -2.52. The molecule has 0 N–H and O–H groups in total. The fourth-order valence-electron chi connectivity index (χ4n) is 3.30. The fourth-order valence-corrected chi connectivity index (χ4v) is 3.93. The quantitative estimate of drug-likeness (QED) is 0.457. The van der Waals surface area contributed by atoms with Gasteiger partial charge in [0.15, 0.2) is 11.5 Å². The molecule has 0 unspecified atom stereocenters. The molecule has 0 heterocycles. The van der Waals surface area contributed by atoms with Crippen molar-refractivity contribution in [3.8, 4) is 17.6 Å². The summed E-state index contributed by atoms with van der Waals surface area (Å²) in [7, 11) is 3.25. The number of methoxy groups -OCH3 is 2. The van der Waals surface area contributed by atoms with E-state index < -0.39 is 5.41 Å². The Morgan fingerprint density at radius 2 is 1.33 bits per heavy atom. The van der Waals surface area contributed by atoms with Crippen LogP contribution >= 0.6 is 22.6 Å². The molecule has 0 saturated heterocycles. The van der Waals surface area contributed by atoms with Crippen LogP contribution in [0.1, 0.15) is 16.7 Å². The van der Waals surface area contributed by atoms with Crippen LogP contribution in [-0.2, 0) is 11.8 Å². The van der Waals surface area contributed by atoms with Crippen LogP contribution < -0.4 is 9.47 Å². The van der Waals surface area contributed by atoms with Crippen LogP contribution in [0.3, 0.4) is 0 Å². The second-order valence-corrected chi connectivity index (χ2v) is 7.39. The van der Waals surface area contributed by atoms with Crippen molar-refractivity contribution in [3.63, 3.8) is 0 Å². The van der Waals surface area contributed by atoms with Crippen LogP contribution in [0.4, 0.5) is 0 Å². The van der Waals surface area contributed by atoms with Gasteiger partial charge in [-0.05, 0) is 51.4 Å². The number of hydrogen-bond donors (Lipinski definition) is 0. The van der Waals surface area contributed by atoms with Crippen molar-refractivity contribution in [2.75, 3.05) is 14.2 Å². The molecule has 136 valence electrons. The molecule has 0 radical (unpaired) electrons. The zero-order valence-corrected chi connectivity index (χ0v) is 17.4. The normalized spacial score (nSPS) is 10.9. The second kappa shape index (κ2) is 8.45.